The molecule has 12 heteroatoms. The molecule has 2 aromatic heterocycles. The van der Waals surface area contributed by atoms with Gasteiger partial charge in [0.05, 0.1) is 5.69 Å². The Morgan fingerprint density at radius 3 is 2.16 bits per heavy atom. The predicted molar refractivity (Wildman–Crippen MR) is 136 cm³/mol. The molecular formula is C25H26F3N3O4SSi. The largest absolute Gasteiger partial charge is 0.543 e. The molecule has 196 valence electrons. The first kappa shape index (κ1) is 28.1. The molecular weight excluding hydrogens is 523 g/mol. The van der Waals surface area contributed by atoms with Gasteiger partial charge in [-0.15, -0.1) is 0 Å². The normalized spacial score (nSPS) is 12.6. The fourth-order valence-corrected chi connectivity index (χ4v) is 4.57. The van der Waals surface area contributed by atoms with Gasteiger partial charge in [-0.3, -0.25) is 4.98 Å². The van der Waals surface area contributed by atoms with Crippen LogP contribution in [0.5, 0.6) is 11.6 Å². The molecule has 0 N–H and O–H groups in total. The number of nitrogens with zero attached hydrogens (tertiary/aromatic N) is 3. The van der Waals surface area contributed by atoms with Gasteiger partial charge in [-0.05, 0) is 66.5 Å². The first-order chi connectivity index (χ1) is 17.0. The molecule has 37 heavy (non-hydrogen) atoms. The topological polar surface area (TPSA) is 102 Å². The molecule has 0 amide bonds. The van der Waals surface area contributed by atoms with Crippen molar-refractivity contribution >= 4 is 18.4 Å². The second-order valence-corrected chi connectivity index (χ2v) is 16.2. The van der Waals surface area contributed by atoms with Crippen LogP contribution in [0.25, 0.3) is 22.4 Å². The minimum Gasteiger partial charge on any atom is -0.543 e. The van der Waals surface area contributed by atoms with Gasteiger partial charge in [0.15, 0.2) is 0 Å². The second-order valence-electron chi connectivity index (χ2n) is 9.91. The van der Waals surface area contributed by atoms with E-state index in [1.165, 1.54) is 18.5 Å². The van der Waals surface area contributed by atoms with Crippen LogP contribution >= 0.6 is 0 Å². The van der Waals surface area contributed by atoms with E-state index in [-0.39, 0.29) is 16.3 Å². The van der Waals surface area contributed by atoms with Crippen LogP contribution in [0, 0.1) is 18.3 Å². The summed E-state index contributed by atoms with van der Waals surface area (Å²) in [5, 5.41) is 9.79. The van der Waals surface area contributed by atoms with Crippen molar-refractivity contribution in [3.63, 3.8) is 0 Å². The smallest absolute Gasteiger partial charge is 0.534 e. The number of aryl methyl sites for hydroxylation is 1. The van der Waals surface area contributed by atoms with Crippen LogP contribution < -0.4 is 8.61 Å². The van der Waals surface area contributed by atoms with Gasteiger partial charge in [0, 0.05) is 23.5 Å². The van der Waals surface area contributed by atoms with Gasteiger partial charge in [-0.1, -0.05) is 26.8 Å². The first-order valence-corrected chi connectivity index (χ1v) is 15.4. The molecule has 1 aromatic carbocycles. The Kier molecular flexibility index (Phi) is 7.45. The Hall–Kier alpha value is -3.43. The van der Waals surface area contributed by atoms with E-state index in [9.17, 15) is 26.9 Å². The number of pyridine rings is 2. The zero-order valence-corrected chi connectivity index (χ0v) is 23.0. The lowest BCUT2D eigenvalue weighted by atomic mass is 9.95. The lowest BCUT2D eigenvalue weighted by molar-refractivity contribution is -0.0501. The van der Waals surface area contributed by atoms with Gasteiger partial charge < -0.3 is 8.61 Å². The number of rotatable bonds is 6. The van der Waals surface area contributed by atoms with E-state index in [0.717, 1.165) is 0 Å². The summed E-state index contributed by atoms with van der Waals surface area (Å²) in [6.07, 6.45) is 2.89. The van der Waals surface area contributed by atoms with Crippen LogP contribution in [-0.2, 0) is 10.1 Å². The Labute approximate surface area is 215 Å². The maximum absolute atomic E-state index is 13.1. The summed E-state index contributed by atoms with van der Waals surface area (Å²) >= 11 is 0. The number of nitriles is 1. The molecule has 3 rings (SSSR count). The van der Waals surface area contributed by atoms with Crippen molar-refractivity contribution in [2.24, 2.45) is 0 Å². The third-order valence-corrected chi connectivity index (χ3v) is 11.5. The van der Waals surface area contributed by atoms with Crippen LogP contribution in [0.1, 0.15) is 31.9 Å². The van der Waals surface area contributed by atoms with Crippen LogP contribution in [0.2, 0.25) is 18.1 Å². The number of aromatic nitrogens is 2. The molecule has 0 fully saturated rings. The van der Waals surface area contributed by atoms with E-state index in [0.29, 0.717) is 22.4 Å². The number of benzene rings is 1. The van der Waals surface area contributed by atoms with E-state index in [1.54, 1.807) is 43.3 Å². The second kappa shape index (κ2) is 9.79. The summed E-state index contributed by atoms with van der Waals surface area (Å²) in [5.41, 5.74) is -4.36. The number of hydrogen-bond donors (Lipinski definition) is 0. The van der Waals surface area contributed by atoms with Crippen LogP contribution in [-0.4, -0.2) is 32.2 Å². The minimum atomic E-state index is -6.09. The summed E-state index contributed by atoms with van der Waals surface area (Å²) in [7, 11) is -8.33. The Balaban J connectivity index is 2.29. The summed E-state index contributed by atoms with van der Waals surface area (Å²) in [4.78, 5) is 7.88. The SMILES string of the molecule is Cc1ccc(O[Si](C)(C)C(C)(C)C)cc1-c1cc(-c2ccncc2)nc(OS(=O)(=O)C(F)(F)F)c1C#N. The molecule has 0 spiro atoms. The Morgan fingerprint density at radius 1 is 1.00 bits per heavy atom. The van der Waals surface area contributed by atoms with E-state index >= 15 is 0 Å². The fraction of sp³-hybridized carbons (Fsp3) is 0.320. The highest BCUT2D eigenvalue weighted by molar-refractivity contribution is 7.88. The number of halogens is 3. The van der Waals surface area contributed by atoms with E-state index < -0.39 is 35.4 Å². The average Bonchev–Trinajstić information content (AvgIpc) is 2.78. The van der Waals surface area contributed by atoms with E-state index in [2.05, 4.69) is 48.0 Å². The zero-order valence-electron chi connectivity index (χ0n) is 21.1. The third kappa shape index (κ3) is 5.94. The molecule has 0 saturated heterocycles. The molecule has 0 aliphatic rings. The first-order valence-electron chi connectivity index (χ1n) is 11.1. The summed E-state index contributed by atoms with van der Waals surface area (Å²) in [6, 6.07) is 11.6. The molecule has 0 saturated carbocycles. The Bertz CT molecular complexity index is 1460. The number of alkyl halides is 3. The van der Waals surface area contributed by atoms with Crippen molar-refractivity contribution < 1.29 is 30.2 Å². The van der Waals surface area contributed by atoms with Crippen molar-refractivity contribution in [2.75, 3.05) is 0 Å². The van der Waals surface area contributed by atoms with Crippen molar-refractivity contribution in [2.45, 2.75) is 51.3 Å². The van der Waals surface area contributed by atoms with Crippen molar-refractivity contribution in [1.82, 2.24) is 9.97 Å². The van der Waals surface area contributed by atoms with Crippen molar-refractivity contribution in [3.8, 4) is 40.1 Å². The zero-order chi connectivity index (χ0) is 27.8. The standard InChI is InChI=1S/C25H26F3N3O4SSi/c1-16-7-8-18(35-37(5,6)24(2,3)4)13-19(16)20-14-22(17-9-11-30-12-10-17)31-23(21(20)15-29)34-36(32,33)25(26,27)28/h7-14H,1-6H3. The molecule has 0 atom stereocenters. The molecule has 2 heterocycles. The quantitative estimate of drug-likeness (QED) is 0.194. The van der Waals surface area contributed by atoms with Gasteiger partial charge in [0.1, 0.15) is 17.4 Å². The highest BCUT2D eigenvalue weighted by Crippen LogP contribution is 2.41. The van der Waals surface area contributed by atoms with Crippen molar-refractivity contribution in [3.05, 3.63) is 59.9 Å². The molecule has 0 aliphatic heterocycles. The minimum absolute atomic E-state index is 0.0962. The Morgan fingerprint density at radius 2 is 1.62 bits per heavy atom. The molecule has 0 radical (unpaired) electrons. The monoisotopic (exact) mass is 549 g/mol. The van der Waals surface area contributed by atoms with Gasteiger partial charge in [0.25, 0.3) is 5.88 Å². The van der Waals surface area contributed by atoms with Crippen LogP contribution in [0.15, 0.2) is 48.8 Å². The van der Waals surface area contributed by atoms with E-state index in [1.807, 2.05) is 0 Å². The van der Waals surface area contributed by atoms with Gasteiger partial charge in [0.2, 0.25) is 8.32 Å². The van der Waals surface area contributed by atoms with Gasteiger partial charge in [-0.2, -0.15) is 26.9 Å². The number of hydrogen-bond acceptors (Lipinski definition) is 7. The molecule has 3 aromatic rings. The summed E-state index contributed by atoms with van der Waals surface area (Å²) in [5.74, 6) is -0.456. The van der Waals surface area contributed by atoms with Gasteiger partial charge >= 0.3 is 15.6 Å². The van der Waals surface area contributed by atoms with Crippen LogP contribution in [0.3, 0.4) is 0 Å². The summed E-state index contributed by atoms with van der Waals surface area (Å²) in [6.45, 7) is 12.1. The summed E-state index contributed by atoms with van der Waals surface area (Å²) < 4.78 is 73.8. The third-order valence-electron chi connectivity index (χ3n) is 6.22. The lowest BCUT2D eigenvalue weighted by Gasteiger charge is -2.36. The fourth-order valence-electron chi connectivity index (χ4n) is 3.13. The van der Waals surface area contributed by atoms with Gasteiger partial charge in [-0.25, -0.2) is 4.98 Å². The lowest BCUT2D eigenvalue weighted by Crippen LogP contribution is -2.43. The average molecular weight is 550 g/mol. The molecule has 0 aliphatic carbocycles. The maximum Gasteiger partial charge on any atom is 0.534 e. The van der Waals surface area contributed by atoms with E-state index in [4.69, 9.17) is 4.43 Å². The maximum atomic E-state index is 13.1. The molecule has 0 unspecified atom stereocenters. The van der Waals surface area contributed by atoms with Crippen LogP contribution in [0.4, 0.5) is 13.2 Å². The highest BCUT2D eigenvalue weighted by Gasteiger charge is 2.49. The van der Waals surface area contributed by atoms with Crippen molar-refractivity contribution in [1.29, 1.82) is 5.26 Å². The molecule has 0 bridgehead atoms. The highest BCUT2D eigenvalue weighted by atomic mass is 32.2. The predicted octanol–water partition coefficient (Wildman–Crippen LogP) is 6.60. The molecule has 7 nitrogen and oxygen atoms in total.